The number of piperazine rings is 1. The largest absolute Gasteiger partial charge is 0.462 e. The van der Waals surface area contributed by atoms with Crippen molar-refractivity contribution in [3.05, 3.63) is 40.7 Å². The first kappa shape index (κ1) is 22.7. The molecule has 2 aliphatic heterocycles. The second-order valence-corrected chi connectivity index (χ2v) is 10.5. The average Bonchev–Trinajstić information content (AvgIpc) is 3.46. The van der Waals surface area contributed by atoms with E-state index in [2.05, 4.69) is 51.4 Å². The summed E-state index contributed by atoms with van der Waals surface area (Å²) in [7, 11) is 2.19. The number of nitrogens with zero attached hydrogens (tertiary/aromatic N) is 5. The van der Waals surface area contributed by atoms with Gasteiger partial charge in [-0.25, -0.2) is 0 Å². The summed E-state index contributed by atoms with van der Waals surface area (Å²) in [6.45, 7) is 7.97. The summed E-state index contributed by atoms with van der Waals surface area (Å²) < 4.78 is 6.30. The fourth-order valence-corrected chi connectivity index (χ4v) is 6.28. The molecule has 2 fully saturated rings. The number of aromatic amines is 1. The molecule has 3 aliphatic rings. The normalized spacial score (nSPS) is 23.4. The number of fused-ring (bicyclic) bond motifs is 2. The van der Waals surface area contributed by atoms with Crippen LogP contribution in [-0.4, -0.2) is 77.5 Å². The smallest absolute Gasteiger partial charge is 0.318 e. The van der Waals surface area contributed by atoms with Gasteiger partial charge in [-0.3, -0.25) is 5.10 Å². The van der Waals surface area contributed by atoms with Gasteiger partial charge in [-0.15, -0.1) is 0 Å². The second kappa shape index (κ2) is 9.74. The summed E-state index contributed by atoms with van der Waals surface area (Å²) in [6.07, 6.45) is 8.64. The maximum absolute atomic E-state index is 6.30. The SMILES string of the molecule is Cc1ccc2[nH]ncc2c1C1CCCc2c(nc(OCC3CCCN3C)nc2N2CCNCC2)C1. The third kappa shape index (κ3) is 4.49. The average molecular weight is 476 g/mol. The highest BCUT2D eigenvalue weighted by atomic mass is 16.5. The number of aryl methyl sites for hydroxylation is 1. The number of ether oxygens (including phenoxy) is 1. The number of hydrogen-bond acceptors (Lipinski definition) is 7. The summed E-state index contributed by atoms with van der Waals surface area (Å²) in [4.78, 5) is 14.9. The lowest BCUT2D eigenvalue weighted by Gasteiger charge is -2.31. The summed E-state index contributed by atoms with van der Waals surface area (Å²) in [5.74, 6) is 1.52. The molecule has 2 unspecified atom stereocenters. The highest BCUT2D eigenvalue weighted by molar-refractivity contribution is 5.83. The molecular formula is C27H37N7O. The van der Waals surface area contributed by atoms with Crippen LogP contribution in [0.4, 0.5) is 5.82 Å². The molecular weight excluding hydrogens is 438 g/mol. The lowest BCUT2D eigenvalue weighted by atomic mass is 9.86. The zero-order chi connectivity index (χ0) is 23.8. The lowest BCUT2D eigenvalue weighted by molar-refractivity contribution is 0.187. The number of nitrogens with one attached hydrogen (secondary N) is 2. The summed E-state index contributed by atoms with van der Waals surface area (Å²) in [5.41, 5.74) is 6.37. The Kier molecular flexibility index (Phi) is 6.33. The monoisotopic (exact) mass is 475 g/mol. The van der Waals surface area contributed by atoms with Crippen LogP contribution in [0.5, 0.6) is 6.01 Å². The van der Waals surface area contributed by atoms with Crippen LogP contribution >= 0.6 is 0 Å². The quantitative estimate of drug-likeness (QED) is 0.549. The molecule has 0 radical (unpaired) electrons. The van der Waals surface area contributed by atoms with Gasteiger partial charge >= 0.3 is 6.01 Å². The van der Waals surface area contributed by atoms with E-state index >= 15 is 0 Å². The van der Waals surface area contributed by atoms with Gasteiger partial charge in [-0.1, -0.05) is 6.07 Å². The number of aromatic nitrogens is 4. The molecule has 1 aliphatic carbocycles. The third-order valence-electron chi connectivity index (χ3n) is 8.25. The molecule has 0 spiro atoms. The standard InChI is InChI=1S/C27H37N7O/c1-18-8-9-23-22(16-29-32-23)25(18)19-5-3-7-21-24(15-19)30-27(35-17-20-6-4-12-33(20)2)31-26(21)34-13-10-28-11-14-34/h8-9,16,19-20,28H,3-7,10-15,17H2,1-2H3,(H,29,32). The molecule has 0 saturated carbocycles. The first-order valence-corrected chi connectivity index (χ1v) is 13.3. The van der Waals surface area contributed by atoms with E-state index in [1.165, 1.54) is 40.6 Å². The highest BCUT2D eigenvalue weighted by Crippen LogP contribution is 2.39. The Balaban J connectivity index is 1.36. The van der Waals surface area contributed by atoms with Gasteiger partial charge in [0.25, 0.3) is 0 Å². The van der Waals surface area contributed by atoms with E-state index in [-0.39, 0.29) is 0 Å². The number of H-pyrrole nitrogens is 1. The third-order valence-corrected chi connectivity index (χ3v) is 8.25. The van der Waals surface area contributed by atoms with Crippen molar-refractivity contribution in [1.82, 2.24) is 30.4 Å². The van der Waals surface area contributed by atoms with Gasteiger partial charge in [0.1, 0.15) is 12.4 Å². The van der Waals surface area contributed by atoms with Gasteiger partial charge in [-0.05, 0) is 82.2 Å². The molecule has 8 heteroatoms. The van der Waals surface area contributed by atoms with E-state index in [1.807, 2.05) is 6.20 Å². The Labute approximate surface area is 207 Å². The minimum Gasteiger partial charge on any atom is -0.462 e. The van der Waals surface area contributed by atoms with Crippen molar-refractivity contribution >= 4 is 16.7 Å². The molecule has 186 valence electrons. The van der Waals surface area contributed by atoms with Gasteiger partial charge in [-0.2, -0.15) is 15.1 Å². The molecule has 2 aromatic heterocycles. The Hall–Kier alpha value is -2.71. The van der Waals surface area contributed by atoms with E-state index in [9.17, 15) is 0 Å². The highest BCUT2D eigenvalue weighted by Gasteiger charge is 2.29. The molecule has 6 rings (SSSR count). The summed E-state index contributed by atoms with van der Waals surface area (Å²) in [6, 6.07) is 5.37. The van der Waals surface area contributed by atoms with Crippen molar-refractivity contribution in [3.63, 3.8) is 0 Å². The fraction of sp³-hybridized carbons (Fsp3) is 0.593. The Bertz CT molecular complexity index is 1190. The first-order valence-electron chi connectivity index (χ1n) is 13.3. The zero-order valence-electron chi connectivity index (χ0n) is 21.0. The number of rotatable bonds is 5. The Morgan fingerprint density at radius 3 is 2.80 bits per heavy atom. The Morgan fingerprint density at radius 1 is 1.09 bits per heavy atom. The van der Waals surface area contributed by atoms with Gasteiger partial charge in [0, 0.05) is 43.2 Å². The molecule has 2 atom stereocenters. The number of likely N-dealkylation sites (tertiary alicyclic amines) is 1. The van der Waals surface area contributed by atoms with E-state index in [0.717, 1.165) is 69.7 Å². The number of likely N-dealkylation sites (N-methyl/N-ethyl adjacent to an activating group) is 1. The number of hydrogen-bond donors (Lipinski definition) is 2. The molecule has 0 bridgehead atoms. The van der Waals surface area contributed by atoms with Crippen LogP contribution in [0, 0.1) is 6.92 Å². The molecule has 3 aromatic rings. The van der Waals surface area contributed by atoms with Crippen LogP contribution in [-0.2, 0) is 12.8 Å². The van der Waals surface area contributed by atoms with Crippen LogP contribution in [0.25, 0.3) is 10.9 Å². The summed E-state index contributed by atoms with van der Waals surface area (Å²) >= 11 is 0. The molecule has 1 aromatic carbocycles. The molecule has 2 N–H and O–H groups in total. The second-order valence-electron chi connectivity index (χ2n) is 10.5. The van der Waals surface area contributed by atoms with Crippen molar-refractivity contribution in [2.45, 2.75) is 57.4 Å². The molecule has 4 heterocycles. The van der Waals surface area contributed by atoms with Crippen LogP contribution in [0.2, 0.25) is 0 Å². The predicted octanol–water partition coefficient (Wildman–Crippen LogP) is 3.21. The van der Waals surface area contributed by atoms with E-state index in [4.69, 9.17) is 14.7 Å². The molecule has 35 heavy (non-hydrogen) atoms. The predicted molar refractivity (Wildman–Crippen MR) is 138 cm³/mol. The summed E-state index contributed by atoms with van der Waals surface area (Å²) in [5, 5.41) is 12.2. The van der Waals surface area contributed by atoms with Crippen molar-refractivity contribution in [2.24, 2.45) is 0 Å². The van der Waals surface area contributed by atoms with E-state index in [1.54, 1.807) is 0 Å². The van der Waals surface area contributed by atoms with Gasteiger partial charge < -0.3 is 19.9 Å². The molecule has 8 nitrogen and oxygen atoms in total. The van der Waals surface area contributed by atoms with E-state index in [0.29, 0.717) is 24.6 Å². The van der Waals surface area contributed by atoms with Crippen molar-refractivity contribution < 1.29 is 4.74 Å². The van der Waals surface area contributed by atoms with Crippen molar-refractivity contribution in [2.75, 3.05) is 51.3 Å². The zero-order valence-corrected chi connectivity index (χ0v) is 21.0. The van der Waals surface area contributed by atoms with Crippen LogP contribution in [0.3, 0.4) is 0 Å². The fourth-order valence-electron chi connectivity index (χ4n) is 6.28. The first-order chi connectivity index (χ1) is 17.2. The molecule has 0 amide bonds. The van der Waals surface area contributed by atoms with Crippen LogP contribution in [0.1, 0.15) is 54.0 Å². The van der Waals surface area contributed by atoms with Crippen molar-refractivity contribution in [3.8, 4) is 6.01 Å². The Morgan fingerprint density at radius 2 is 1.97 bits per heavy atom. The van der Waals surface area contributed by atoms with Crippen molar-refractivity contribution in [1.29, 1.82) is 0 Å². The maximum Gasteiger partial charge on any atom is 0.318 e. The topological polar surface area (TPSA) is 82.2 Å². The number of benzene rings is 1. The minimum atomic E-state index is 0.414. The van der Waals surface area contributed by atoms with E-state index < -0.39 is 0 Å². The van der Waals surface area contributed by atoms with Gasteiger partial charge in [0.15, 0.2) is 0 Å². The van der Waals surface area contributed by atoms with Crippen LogP contribution in [0.15, 0.2) is 18.3 Å². The lowest BCUT2D eigenvalue weighted by Crippen LogP contribution is -2.44. The maximum atomic E-state index is 6.30. The van der Waals surface area contributed by atoms with Gasteiger partial charge in [0.05, 0.1) is 17.4 Å². The number of anilines is 1. The molecule has 2 saturated heterocycles. The van der Waals surface area contributed by atoms with Crippen LogP contribution < -0.4 is 15.0 Å². The minimum absolute atomic E-state index is 0.414. The van der Waals surface area contributed by atoms with Gasteiger partial charge in [0.2, 0.25) is 0 Å².